The molecule has 1 aliphatic rings. The van der Waals surface area contributed by atoms with Crippen LogP contribution < -0.4 is 10.0 Å². The first-order chi connectivity index (χ1) is 9.46. The van der Waals surface area contributed by atoms with Gasteiger partial charge < -0.3 is 10.1 Å². The summed E-state index contributed by atoms with van der Waals surface area (Å²) in [5, 5.41) is 2.77. The van der Waals surface area contributed by atoms with Gasteiger partial charge in [-0.25, -0.2) is 8.42 Å². The van der Waals surface area contributed by atoms with E-state index in [9.17, 15) is 13.2 Å². The van der Waals surface area contributed by atoms with Crippen LogP contribution in [0.5, 0.6) is 0 Å². The van der Waals surface area contributed by atoms with Gasteiger partial charge in [0.2, 0.25) is 10.0 Å². The number of anilines is 1. The lowest BCUT2D eigenvalue weighted by atomic mass is 10.1. The van der Waals surface area contributed by atoms with Crippen LogP contribution in [-0.2, 0) is 14.8 Å². The Morgan fingerprint density at radius 3 is 2.80 bits per heavy atom. The number of hydrogen-bond acceptors (Lipinski definition) is 4. The van der Waals surface area contributed by atoms with Crippen molar-refractivity contribution in [2.45, 2.75) is 18.9 Å². The number of nitrogens with one attached hydrogen (secondary N) is 2. The number of amides is 1. The van der Waals surface area contributed by atoms with Crippen molar-refractivity contribution in [2.24, 2.45) is 0 Å². The highest BCUT2D eigenvalue weighted by atomic mass is 32.2. The molecule has 7 heteroatoms. The molecule has 20 heavy (non-hydrogen) atoms. The van der Waals surface area contributed by atoms with Crippen molar-refractivity contribution >= 4 is 21.6 Å². The van der Waals surface area contributed by atoms with Crippen LogP contribution in [0.1, 0.15) is 23.2 Å². The lowest BCUT2D eigenvalue weighted by molar-refractivity contribution is 0.0858. The minimum atomic E-state index is -3.42. The maximum absolute atomic E-state index is 12.1. The van der Waals surface area contributed by atoms with Crippen LogP contribution in [-0.4, -0.2) is 39.8 Å². The van der Waals surface area contributed by atoms with E-state index in [0.717, 1.165) is 25.7 Å². The summed E-state index contributed by atoms with van der Waals surface area (Å²) in [7, 11) is -3.42. The smallest absolute Gasteiger partial charge is 0.253 e. The molecule has 1 atom stereocenters. The van der Waals surface area contributed by atoms with Crippen LogP contribution in [0.2, 0.25) is 0 Å². The summed E-state index contributed by atoms with van der Waals surface area (Å²) in [5.41, 5.74) is 0.579. The van der Waals surface area contributed by atoms with E-state index in [-0.39, 0.29) is 17.7 Å². The Morgan fingerprint density at radius 1 is 1.40 bits per heavy atom. The number of sulfonamides is 1. The Hall–Kier alpha value is -1.60. The zero-order chi connectivity index (χ0) is 14.6. The highest BCUT2D eigenvalue weighted by Gasteiger charge is 2.18. The maximum Gasteiger partial charge on any atom is 0.253 e. The van der Waals surface area contributed by atoms with E-state index in [1.54, 1.807) is 24.3 Å². The molecule has 0 spiro atoms. The van der Waals surface area contributed by atoms with E-state index < -0.39 is 10.0 Å². The van der Waals surface area contributed by atoms with E-state index in [1.165, 1.54) is 0 Å². The zero-order valence-corrected chi connectivity index (χ0v) is 12.1. The van der Waals surface area contributed by atoms with Crippen LogP contribution in [0, 0.1) is 0 Å². The van der Waals surface area contributed by atoms with Crippen LogP contribution in [0.4, 0.5) is 5.69 Å². The van der Waals surface area contributed by atoms with Gasteiger partial charge in [0.05, 0.1) is 23.6 Å². The van der Waals surface area contributed by atoms with Crippen molar-refractivity contribution in [1.29, 1.82) is 0 Å². The van der Waals surface area contributed by atoms with Gasteiger partial charge in [0.15, 0.2) is 0 Å². The van der Waals surface area contributed by atoms with Crippen molar-refractivity contribution in [1.82, 2.24) is 5.32 Å². The summed E-state index contributed by atoms with van der Waals surface area (Å²) in [6.45, 7) is 1.17. The minimum absolute atomic E-state index is 0.0500. The van der Waals surface area contributed by atoms with Gasteiger partial charge >= 0.3 is 0 Å². The van der Waals surface area contributed by atoms with Crippen LogP contribution >= 0.6 is 0 Å². The van der Waals surface area contributed by atoms with Crippen molar-refractivity contribution in [3.63, 3.8) is 0 Å². The number of para-hydroxylation sites is 1. The minimum Gasteiger partial charge on any atom is -0.376 e. The van der Waals surface area contributed by atoms with Crippen LogP contribution in [0.3, 0.4) is 0 Å². The molecule has 1 aromatic carbocycles. The van der Waals surface area contributed by atoms with Gasteiger partial charge in [-0.2, -0.15) is 0 Å². The summed E-state index contributed by atoms with van der Waals surface area (Å²) in [6, 6.07) is 6.50. The third-order valence-electron chi connectivity index (χ3n) is 2.98. The third-order valence-corrected chi connectivity index (χ3v) is 3.57. The van der Waals surface area contributed by atoms with Crippen LogP contribution in [0.25, 0.3) is 0 Å². The molecule has 1 saturated heterocycles. The summed E-state index contributed by atoms with van der Waals surface area (Å²) < 4.78 is 30.3. The number of ether oxygens (including phenoxy) is 1. The highest BCUT2D eigenvalue weighted by Crippen LogP contribution is 2.16. The second kappa shape index (κ2) is 6.23. The highest BCUT2D eigenvalue weighted by molar-refractivity contribution is 7.92. The molecule has 0 radical (unpaired) electrons. The van der Waals surface area contributed by atoms with Crippen molar-refractivity contribution < 1.29 is 17.9 Å². The molecule has 6 nitrogen and oxygen atoms in total. The Morgan fingerprint density at radius 2 is 2.15 bits per heavy atom. The zero-order valence-electron chi connectivity index (χ0n) is 11.3. The second-order valence-corrected chi connectivity index (χ2v) is 6.51. The van der Waals surface area contributed by atoms with Crippen molar-refractivity contribution in [2.75, 3.05) is 24.1 Å². The maximum atomic E-state index is 12.1. The first kappa shape index (κ1) is 14.8. The summed E-state index contributed by atoms with van der Waals surface area (Å²) in [6.07, 6.45) is 3.04. The van der Waals surface area contributed by atoms with E-state index in [0.29, 0.717) is 12.1 Å². The average molecular weight is 298 g/mol. The quantitative estimate of drug-likeness (QED) is 0.848. The predicted octanol–water partition coefficient (Wildman–Crippen LogP) is 0.967. The fourth-order valence-corrected chi connectivity index (χ4v) is 2.65. The van der Waals surface area contributed by atoms with Gasteiger partial charge in [-0.1, -0.05) is 12.1 Å². The van der Waals surface area contributed by atoms with Crippen molar-refractivity contribution in [3.05, 3.63) is 29.8 Å². The van der Waals surface area contributed by atoms with Crippen LogP contribution in [0.15, 0.2) is 24.3 Å². The largest absolute Gasteiger partial charge is 0.376 e. The van der Waals surface area contributed by atoms with Gasteiger partial charge in [0.1, 0.15) is 0 Å². The van der Waals surface area contributed by atoms with Gasteiger partial charge in [-0.15, -0.1) is 0 Å². The first-order valence-corrected chi connectivity index (χ1v) is 8.31. The molecular weight excluding hydrogens is 280 g/mol. The molecule has 1 aromatic rings. The third kappa shape index (κ3) is 4.21. The topological polar surface area (TPSA) is 84.5 Å². The van der Waals surface area contributed by atoms with Gasteiger partial charge in [0, 0.05) is 13.2 Å². The molecule has 2 N–H and O–H groups in total. The summed E-state index contributed by atoms with van der Waals surface area (Å²) in [4.78, 5) is 12.1. The standard InChI is InChI=1S/C13H18N2O4S/c1-20(17,18)15-12-7-3-2-6-11(12)13(16)14-9-10-5-4-8-19-10/h2-3,6-7,10,15H,4-5,8-9H2,1H3,(H,14,16)/t10-/m1/s1. The number of carbonyl (C=O) groups excluding carboxylic acids is 1. The molecular formula is C13H18N2O4S. The number of rotatable bonds is 5. The van der Waals surface area contributed by atoms with Gasteiger partial charge in [0.25, 0.3) is 5.91 Å². The Bertz CT molecular complexity index is 580. The number of hydrogen-bond donors (Lipinski definition) is 2. The molecule has 0 bridgehead atoms. The molecule has 0 unspecified atom stereocenters. The lowest BCUT2D eigenvalue weighted by Crippen LogP contribution is -2.32. The van der Waals surface area contributed by atoms with Crippen molar-refractivity contribution in [3.8, 4) is 0 Å². The Kier molecular flexibility index (Phi) is 4.61. The predicted molar refractivity (Wildman–Crippen MR) is 76.2 cm³/mol. The Labute approximate surface area is 118 Å². The molecule has 2 rings (SSSR count). The molecule has 1 aliphatic heterocycles. The average Bonchev–Trinajstić information content (AvgIpc) is 2.88. The lowest BCUT2D eigenvalue weighted by Gasteiger charge is -2.13. The molecule has 0 saturated carbocycles. The molecule has 0 aliphatic carbocycles. The molecule has 110 valence electrons. The van der Waals surface area contributed by atoms with Gasteiger partial charge in [-0.05, 0) is 25.0 Å². The monoisotopic (exact) mass is 298 g/mol. The fraction of sp³-hybridized carbons (Fsp3) is 0.462. The van der Waals surface area contributed by atoms with E-state index in [4.69, 9.17) is 4.74 Å². The summed E-state index contributed by atoms with van der Waals surface area (Å²) >= 11 is 0. The normalized spacial score (nSPS) is 18.8. The fourth-order valence-electron chi connectivity index (χ4n) is 2.08. The SMILES string of the molecule is CS(=O)(=O)Nc1ccccc1C(=O)NC[C@H]1CCCO1. The van der Waals surface area contributed by atoms with E-state index in [1.807, 2.05) is 0 Å². The number of carbonyl (C=O) groups is 1. The Balaban J connectivity index is 2.05. The summed E-state index contributed by atoms with van der Waals surface area (Å²) in [5.74, 6) is -0.313. The molecule has 1 heterocycles. The molecule has 1 fully saturated rings. The van der Waals surface area contributed by atoms with E-state index >= 15 is 0 Å². The molecule has 1 amide bonds. The number of benzene rings is 1. The second-order valence-electron chi connectivity index (χ2n) is 4.76. The van der Waals surface area contributed by atoms with E-state index in [2.05, 4.69) is 10.0 Å². The first-order valence-electron chi connectivity index (χ1n) is 6.42. The molecule has 0 aromatic heterocycles. The van der Waals surface area contributed by atoms with Gasteiger partial charge in [-0.3, -0.25) is 9.52 Å².